The van der Waals surface area contributed by atoms with E-state index in [2.05, 4.69) is 10.3 Å². The van der Waals surface area contributed by atoms with E-state index in [1.165, 1.54) is 23.6 Å². The van der Waals surface area contributed by atoms with Gasteiger partial charge in [-0.1, -0.05) is 31.2 Å². The van der Waals surface area contributed by atoms with Gasteiger partial charge in [-0.15, -0.1) is 0 Å². The first-order valence-corrected chi connectivity index (χ1v) is 10.1. The number of benzene rings is 2. The third-order valence-electron chi connectivity index (χ3n) is 4.23. The smallest absolute Gasteiger partial charge is 0.261 e. The highest BCUT2D eigenvalue weighted by molar-refractivity contribution is 7.91. The van der Waals surface area contributed by atoms with Crippen LogP contribution in [0.15, 0.2) is 58.2 Å². The predicted molar refractivity (Wildman–Crippen MR) is 104 cm³/mol. The summed E-state index contributed by atoms with van der Waals surface area (Å²) in [6.07, 6.45) is 0. The van der Waals surface area contributed by atoms with Crippen LogP contribution in [0.3, 0.4) is 0 Å². The molecule has 0 aliphatic heterocycles. The maximum absolute atomic E-state index is 12.7. The standard InChI is InChI=1S/C19H19N3O4S/c1-3-27(25,26)17-11-7-6-10-16(17)21-18(23)12-22-13(2)20-15-9-5-4-8-14(15)19(22)24/h4-11H,3,12H2,1-2H3,(H,21,23). The van der Waals surface area contributed by atoms with Crippen molar-refractivity contribution in [3.05, 3.63) is 64.7 Å². The first kappa shape index (κ1) is 18.8. The number of fused-ring (bicyclic) bond motifs is 1. The van der Waals surface area contributed by atoms with Gasteiger partial charge in [0.15, 0.2) is 9.84 Å². The van der Waals surface area contributed by atoms with Crippen LogP contribution in [0.5, 0.6) is 0 Å². The van der Waals surface area contributed by atoms with E-state index < -0.39 is 15.7 Å². The fourth-order valence-electron chi connectivity index (χ4n) is 2.80. The highest BCUT2D eigenvalue weighted by atomic mass is 32.2. The SMILES string of the molecule is CCS(=O)(=O)c1ccccc1NC(=O)Cn1c(C)nc2ccccc2c1=O. The van der Waals surface area contributed by atoms with E-state index in [4.69, 9.17) is 0 Å². The Hall–Kier alpha value is -3.00. The van der Waals surface area contributed by atoms with Gasteiger partial charge in [0.2, 0.25) is 5.91 Å². The molecule has 0 atom stereocenters. The Bertz CT molecular complexity index is 1180. The monoisotopic (exact) mass is 385 g/mol. The fraction of sp³-hybridized carbons (Fsp3) is 0.211. The lowest BCUT2D eigenvalue weighted by Crippen LogP contribution is -2.30. The first-order chi connectivity index (χ1) is 12.8. The predicted octanol–water partition coefficient (Wildman–Crippen LogP) is 2.14. The van der Waals surface area contributed by atoms with Crippen LogP contribution in [0.1, 0.15) is 12.7 Å². The summed E-state index contributed by atoms with van der Waals surface area (Å²) < 4.78 is 25.7. The van der Waals surface area contributed by atoms with Gasteiger partial charge in [-0.3, -0.25) is 14.2 Å². The Morgan fingerprint density at radius 2 is 1.78 bits per heavy atom. The topological polar surface area (TPSA) is 98.1 Å². The van der Waals surface area contributed by atoms with Crippen LogP contribution in [0, 0.1) is 6.92 Å². The molecular formula is C19H19N3O4S. The zero-order chi connectivity index (χ0) is 19.6. The molecule has 1 amide bonds. The molecule has 2 aromatic carbocycles. The van der Waals surface area contributed by atoms with Crippen LogP contribution in [0.25, 0.3) is 10.9 Å². The number of anilines is 1. The maximum Gasteiger partial charge on any atom is 0.261 e. The van der Waals surface area contributed by atoms with Crippen LogP contribution in [-0.4, -0.2) is 29.6 Å². The van der Waals surface area contributed by atoms with Crippen molar-refractivity contribution in [1.82, 2.24) is 9.55 Å². The van der Waals surface area contributed by atoms with Gasteiger partial charge in [0.05, 0.1) is 27.2 Å². The molecule has 140 valence electrons. The van der Waals surface area contributed by atoms with Gasteiger partial charge in [0.1, 0.15) is 12.4 Å². The Kier molecular flexibility index (Phi) is 5.09. The average molecular weight is 385 g/mol. The number of amides is 1. The van der Waals surface area contributed by atoms with Crippen molar-refractivity contribution in [2.45, 2.75) is 25.3 Å². The quantitative estimate of drug-likeness (QED) is 0.726. The number of para-hydroxylation sites is 2. The number of carbonyl (C=O) groups is 1. The normalized spacial score (nSPS) is 11.5. The van der Waals surface area contributed by atoms with Gasteiger partial charge >= 0.3 is 0 Å². The molecule has 0 aliphatic carbocycles. The van der Waals surface area contributed by atoms with Gasteiger partial charge in [-0.25, -0.2) is 13.4 Å². The summed E-state index contributed by atoms with van der Waals surface area (Å²) in [7, 11) is -3.49. The molecule has 0 saturated heterocycles. The van der Waals surface area contributed by atoms with Gasteiger partial charge in [0.25, 0.3) is 5.56 Å². The van der Waals surface area contributed by atoms with Crippen LogP contribution < -0.4 is 10.9 Å². The number of nitrogens with one attached hydrogen (secondary N) is 1. The van der Waals surface area contributed by atoms with Crippen molar-refractivity contribution >= 4 is 32.3 Å². The van der Waals surface area contributed by atoms with Gasteiger partial charge in [-0.05, 0) is 31.2 Å². The summed E-state index contributed by atoms with van der Waals surface area (Å²) in [5, 5.41) is 3.02. The number of nitrogens with zero attached hydrogens (tertiary/aromatic N) is 2. The molecule has 0 fully saturated rings. The minimum atomic E-state index is -3.49. The van der Waals surface area contributed by atoms with Crippen LogP contribution in [0.2, 0.25) is 0 Å². The Morgan fingerprint density at radius 1 is 1.11 bits per heavy atom. The highest BCUT2D eigenvalue weighted by Crippen LogP contribution is 2.22. The van der Waals surface area contributed by atoms with E-state index in [0.29, 0.717) is 16.7 Å². The molecule has 0 radical (unpaired) electrons. The Morgan fingerprint density at radius 3 is 2.52 bits per heavy atom. The minimum Gasteiger partial charge on any atom is -0.323 e. The molecule has 0 unspecified atom stereocenters. The van der Waals surface area contributed by atoms with Crippen LogP contribution in [-0.2, 0) is 21.2 Å². The molecule has 0 saturated carbocycles. The van der Waals surface area contributed by atoms with Crippen LogP contribution in [0.4, 0.5) is 5.69 Å². The molecule has 3 rings (SSSR count). The molecule has 27 heavy (non-hydrogen) atoms. The number of aromatic nitrogens is 2. The summed E-state index contributed by atoms with van der Waals surface area (Å²) in [5.41, 5.74) is 0.447. The van der Waals surface area contributed by atoms with E-state index >= 15 is 0 Å². The zero-order valence-corrected chi connectivity index (χ0v) is 15.8. The van der Waals surface area contributed by atoms with Crippen molar-refractivity contribution in [2.24, 2.45) is 0 Å². The second-order valence-electron chi connectivity index (χ2n) is 6.02. The lowest BCUT2D eigenvalue weighted by molar-refractivity contribution is -0.116. The molecular weight excluding hydrogens is 366 g/mol. The maximum atomic E-state index is 12.7. The fourth-order valence-corrected chi connectivity index (χ4v) is 3.85. The van der Waals surface area contributed by atoms with E-state index in [9.17, 15) is 18.0 Å². The molecule has 8 heteroatoms. The van der Waals surface area contributed by atoms with Crippen LogP contribution >= 0.6 is 0 Å². The number of sulfone groups is 1. The lowest BCUT2D eigenvalue weighted by Gasteiger charge is -2.13. The Balaban J connectivity index is 1.93. The number of aryl methyl sites for hydroxylation is 1. The summed E-state index contributed by atoms with van der Waals surface area (Å²) in [6, 6.07) is 13.1. The van der Waals surface area contributed by atoms with E-state index in [-0.39, 0.29) is 28.4 Å². The third kappa shape index (κ3) is 3.75. The van der Waals surface area contributed by atoms with Gasteiger partial charge in [-0.2, -0.15) is 0 Å². The molecule has 0 aliphatic rings. The summed E-state index contributed by atoms with van der Waals surface area (Å²) in [5.74, 6) is -0.174. The zero-order valence-electron chi connectivity index (χ0n) is 15.0. The number of carbonyl (C=O) groups excluding carboxylic acids is 1. The summed E-state index contributed by atoms with van der Waals surface area (Å²) >= 11 is 0. The molecule has 1 N–H and O–H groups in total. The average Bonchev–Trinajstić information content (AvgIpc) is 2.65. The first-order valence-electron chi connectivity index (χ1n) is 8.41. The van der Waals surface area contributed by atoms with Crippen molar-refractivity contribution in [3.63, 3.8) is 0 Å². The van der Waals surface area contributed by atoms with Crippen molar-refractivity contribution in [1.29, 1.82) is 0 Å². The third-order valence-corrected chi connectivity index (χ3v) is 6.02. The summed E-state index contributed by atoms with van der Waals surface area (Å²) in [4.78, 5) is 29.6. The molecule has 1 aromatic heterocycles. The number of rotatable bonds is 5. The number of hydrogen-bond donors (Lipinski definition) is 1. The molecule has 1 heterocycles. The van der Waals surface area contributed by atoms with Gasteiger partial charge in [0, 0.05) is 0 Å². The Labute approximate surface area is 156 Å². The second-order valence-corrected chi connectivity index (χ2v) is 8.26. The largest absolute Gasteiger partial charge is 0.323 e. The van der Waals surface area contributed by atoms with Crippen molar-refractivity contribution < 1.29 is 13.2 Å². The van der Waals surface area contributed by atoms with E-state index in [1.807, 2.05) is 0 Å². The highest BCUT2D eigenvalue weighted by Gasteiger charge is 2.18. The molecule has 3 aromatic rings. The van der Waals surface area contributed by atoms with Gasteiger partial charge < -0.3 is 5.32 Å². The lowest BCUT2D eigenvalue weighted by atomic mass is 10.2. The van der Waals surface area contributed by atoms with E-state index in [1.54, 1.807) is 43.3 Å². The minimum absolute atomic E-state index is 0.0570. The molecule has 0 spiro atoms. The summed E-state index contributed by atoms with van der Waals surface area (Å²) in [6.45, 7) is 2.93. The van der Waals surface area contributed by atoms with E-state index in [0.717, 1.165) is 0 Å². The molecule has 0 bridgehead atoms. The van der Waals surface area contributed by atoms with Crippen molar-refractivity contribution in [2.75, 3.05) is 11.1 Å². The molecule has 7 nitrogen and oxygen atoms in total. The number of hydrogen-bond acceptors (Lipinski definition) is 5. The van der Waals surface area contributed by atoms with Crippen molar-refractivity contribution in [3.8, 4) is 0 Å². The second kappa shape index (κ2) is 7.32.